The summed E-state index contributed by atoms with van der Waals surface area (Å²) in [6, 6.07) is 5.24. The fraction of sp³-hybridized carbons (Fsp3) is 0.500. The molecule has 2 amide bonds. The average molecular weight is 362 g/mol. The second-order valence-corrected chi connectivity index (χ2v) is 6.04. The summed E-state index contributed by atoms with van der Waals surface area (Å²) < 4.78 is 15.9. The van der Waals surface area contributed by atoms with E-state index in [1.54, 1.807) is 31.3 Å². The van der Waals surface area contributed by atoms with Crippen molar-refractivity contribution in [1.82, 2.24) is 20.4 Å². The largest absolute Gasteiger partial charge is 0.493 e. The number of carbonyl (C=O) groups is 1. The second-order valence-electron chi connectivity index (χ2n) is 6.04. The highest BCUT2D eigenvalue weighted by Crippen LogP contribution is 2.31. The van der Waals surface area contributed by atoms with Crippen LogP contribution >= 0.6 is 0 Å². The quantitative estimate of drug-likeness (QED) is 0.776. The van der Waals surface area contributed by atoms with E-state index in [0.29, 0.717) is 29.8 Å². The van der Waals surface area contributed by atoms with Gasteiger partial charge < -0.3 is 24.2 Å². The Kier molecular flexibility index (Phi) is 6.82. The molecule has 1 aromatic heterocycles. The number of methoxy groups -OCH3 is 2. The zero-order chi connectivity index (χ0) is 19.1. The molecular formula is C18H26N4O4. The van der Waals surface area contributed by atoms with Crippen molar-refractivity contribution in [2.24, 2.45) is 0 Å². The first-order valence-electron chi connectivity index (χ1n) is 8.59. The van der Waals surface area contributed by atoms with Crippen LogP contribution in [0.5, 0.6) is 11.5 Å². The van der Waals surface area contributed by atoms with E-state index in [0.717, 1.165) is 12.0 Å². The Morgan fingerprint density at radius 3 is 2.62 bits per heavy atom. The van der Waals surface area contributed by atoms with Gasteiger partial charge in [0.05, 0.1) is 14.2 Å². The smallest absolute Gasteiger partial charge is 0.318 e. The number of rotatable bonds is 8. The van der Waals surface area contributed by atoms with Crippen molar-refractivity contribution in [3.63, 3.8) is 0 Å². The fourth-order valence-electron chi connectivity index (χ4n) is 2.38. The number of carbonyl (C=O) groups excluding carboxylic acids is 1. The number of urea groups is 1. The van der Waals surface area contributed by atoms with Crippen LogP contribution in [0, 0.1) is 0 Å². The van der Waals surface area contributed by atoms with E-state index in [1.165, 1.54) is 0 Å². The summed E-state index contributed by atoms with van der Waals surface area (Å²) in [5.41, 5.74) is 0.740. The molecule has 8 nitrogen and oxygen atoms in total. The molecule has 0 aliphatic rings. The zero-order valence-electron chi connectivity index (χ0n) is 15.9. The van der Waals surface area contributed by atoms with Crippen LogP contribution < -0.4 is 14.8 Å². The van der Waals surface area contributed by atoms with Gasteiger partial charge in [-0.2, -0.15) is 4.98 Å². The Morgan fingerprint density at radius 1 is 1.27 bits per heavy atom. The van der Waals surface area contributed by atoms with Gasteiger partial charge in [-0.25, -0.2) is 4.79 Å². The predicted octanol–water partition coefficient (Wildman–Crippen LogP) is 3.08. The van der Waals surface area contributed by atoms with Gasteiger partial charge in [0, 0.05) is 18.2 Å². The molecule has 142 valence electrons. The van der Waals surface area contributed by atoms with Crippen molar-refractivity contribution in [3.8, 4) is 22.9 Å². The number of ether oxygens (including phenoxy) is 2. The van der Waals surface area contributed by atoms with Crippen LogP contribution in [0.15, 0.2) is 22.7 Å². The number of benzene rings is 1. The monoisotopic (exact) mass is 362 g/mol. The van der Waals surface area contributed by atoms with Crippen molar-refractivity contribution < 1.29 is 18.8 Å². The molecule has 1 aromatic carbocycles. The average Bonchev–Trinajstić information content (AvgIpc) is 3.12. The van der Waals surface area contributed by atoms with Crippen LogP contribution in [0.4, 0.5) is 4.79 Å². The van der Waals surface area contributed by atoms with Gasteiger partial charge in [-0.3, -0.25) is 0 Å². The Labute approximate surface area is 153 Å². The lowest BCUT2D eigenvalue weighted by molar-refractivity contribution is 0.169. The number of hydrogen-bond acceptors (Lipinski definition) is 6. The molecular weight excluding hydrogens is 336 g/mol. The molecule has 26 heavy (non-hydrogen) atoms. The highest BCUT2D eigenvalue weighted by Gasteiger charge is 2.20. The maximum atomic E-state index is 12.3. The van der Waals surface area contributed by atoms with Gasteiger partial charge in [0.1, 0.15) is 6.54 Å². The SMILES string of the molecule is CCCNC(=O)N(Cc1nc(-c2ccc(OC)c(OC)c2)no1)C(C)C. The second kappa shape index (κ2) is 9.07. The molecule has 0 atom stereocenters. The van der Waals surface area contributed by atoms with Crippen LogP contribution in [0.2, 0.25) is 0 Å². The molecule has 0 spiro atoms. The van der Waals surface area contributed by atoms with Crippen LogP contribution in [0.25, 0.3) is 11.4 Å². The Balaban J connectivity index is 2.17. The van der Waals surface area contributed by atoms with Crippen LogP contribution in [0.1, 0.15) is 33.1 Å². The first-order chi connectivity index (χ1) is 12.5. The predicted molar refractivity (Wildman–Crippen MR) is 97.2 cm³/mol. The minimum Gasteiger partial charge on any atom is -0.493 e. The van der Waals surface area contributed by atoms with E-state index in [4.69, 9.17) is 14.0 Å². The third kappa shape index (κ3) is 4.65. The highest BCUT2D eigenvalue weighted by molar-refractivity contribution is 5.74. The summed E-state index contributed by atoms with van der Waals surface area (Å²) in [6.07, 6.45) is 0.877. The zero-order valence-corrected chi connectivity index (χ0v) is 15.9. The molecule has 1 heterocycles. The number of aromatic nitrogens is 2. The van der Waals surface area contributed by atoms with Gasteiger partial charge >= 0.3 is 6.03 Å². The lowest BCUT2D eigenvalue weighted by Gasteiger charge is -2.25. The van der Waals surface area contributed by atoms with Crippen molar-refractivity contribution in [2.45, 2.75) is 39.8 Å². The van der Waals surface area contributed by atoms with E-state index in [9.17, 15) is 4.79 Å². The first-order valence-corrected chi connectivity index (χ1v) is 8.59. The molecule has 8 heteroatoms. The normalized spacial score (nSPS) is 10.7. The molecule has 0 bridgehead atoms. The van der Waals surface area contributed by atoms with E-state index >= 15 is 0 Å². The summed E-state index contributed by atoms with van der Waals surface area (Å²) in [5, 5.41) is 6.88. The van der Waals surface area contributed by atoms with Gasteiger partial charge in [0.15, 0.2) is 11.5 Å². The summed E-state index contributed by atoms with van der Waals surface area (Å²) in [6.45, 7) is 6.76. The van der Waals surface area contributed by atoms with Crippen molar-refractivity contribution in [3.05, 3.63) is 24.1 Å². The minimum atomic E-state index is -0.146. The summed E-state index contributed by atoms with van der Waals surface area (Å²) in [5.74, 6) is 2.01. The lowest BCUT2D eigenvalue weighted by Crippen LogP contribution is -2.43. The number of nitrogens with zero attached hydrogens (tertiary/aromatic N) is 3. The van der Waals surface area contributed by atoms with Gasteiger partial charge in [-0.15, -0.1) is 0 Å². The van der Waals surface area contributed by atoms with Crippen molar-refractivity contribution in [2.75, 3.05) is 20.8 Å². The number of amides is 2. The minimum absolute atomic E-state index is 0.00304. The standard InChI is InChI=1S/C18H26N4O4/c1-6-9-19-18(23)22(12(2)3)11-16-20-17(21-26-16)13-7-8-14(24-4)15(10-13)25-5/h7-8,10,12H,6,9,11H2,1-5H3,(H,19,23). The maximum absolute atomic E-state index is 12.3. The molecule has 0 radical (unpaired) electrons. The van der Waals surface area contributed by atoms with E-state index in [2.05, 4.69) is 15.5 Å². The molecule has 0 unspecified atom stereocenters. The van der Waals surface area contributed by atoms with E-state index < -0.39 is 0 Å². The topological polar surface area (TPSA) is 89.7 Å². The highest BCUT2D eigenvalue weighted by atomic mass is 16.5. The third-order valence-electron chi connectivity index (χ3n) is 3.83. The summed E-state index contributed by atoms with van der Waals surface area (Å²) in [4.78, 5) is 18.3. The maximum Gasteiger partial charge on any atom is 0.318 e. The number of hydrogen-bond donors (Lipinski definition) is 1. The van der Waals surface area contributed by atoms with E-state index in [-0.39, 0.29) is 18.6 Å². The van der Waals surface area contributed by atoms with Crippen molar-refractivity contribution >= 4 is 6.03 Å². The summed E-state index contributed by atoms with van der Waals surface area (Å²) >= 11 is 0. The molecule has 0 saturated heterocycles. The van der Waals surface area contributed by atoms with Gasteiger partial charge in [0.25, 0.3) is 0 Å². The van der Waals surface area contributed by atoms with E-state index in [1.807, 2.05) is 26.8 Å². The Hall–Kier alpha value is -2.77. The molecule has 0 saturated carbocycles. The molecule has 2 rings (SSSR count). The van der Waals surface area contributed by atoms with Gasteiger partial charge in [-0.05, 0) is 38.5 Å². The number of nitrogens with one attached hydrogen (secondary N) is 1. The third-order valence-corrected chi connectivity index (χ3v) is 3.83. The molecule has 0 aliphatic heterocycles. The van der Waals surface area contributed by atoms with Gasteiger partial charge in [-0.1, -0.05) is 12.1 Å². The molecule has 0 fully saturated rings. The molecule has 2 aromatic rings. The lowest BCUT2D eigenvalue weighted by atomic mass is 10.2. The van der Waals surface area contributed by atoms with Crippen LogP contribution in [-0.2, 0) is 6.54 Å². The first kappa shape index (κ1) is 19.6. The molecule has 1 N–H and O–H groups in total. The Morgan fingerprint density at radius 2 is 2.00 bits per heavy atom. The van der Waals surface area contributed by atoms with Crippen LogP contribution in [0.3, 0.4) is 0 Å². The molecule has 0 aliphatic carbocycles. The van der Waals surface area contributed by atoms with Crippen LogP contribution in [-0.4, -0.2) is 47.9 Å². The summed E-state index contributed by atoms with van der Waals surface area (Å²) in [7, 11) is 3.15. The fourth-order valence-corrected chi connectivity index (χ4v) is 2.38. The Bertz CT molecular complexity index is 730. The van der Waals surface area contributed by atoms with Crippen molar-refractivity contribution in [1.29, 1.82) is 0 Å². The van der Waals surface area contributed by atoms with Gasteiger partial charge in [0.2, 0.25) is 11.7 Å².